The van der Waals surface area contributed by atoms with Gasteiger partial charge in [-0.25, -0.2) is 9.97 Å². The Morgan fingerprint density at radius 1 is 1.22 bits per heavy atom. The van der Waals surface area contributed by atoms with Gasteiger partial charge in [0.15, 0.2) is 0 Å². The zero-order chi connectivity index (χ0) is 15.8. The highest BCUT2D eigenvalue weighted by atomic mass is 127. The van der Waals surface area contributed by atoms with Gasteiger partial charge in [0.1, 0.15) is 17.0 Å². The van der Waals surface area contributed by atoms with Gasteiger partial charge in [0.25, 0.3) is 0 Å². The van der Waals surface area contributed by atoms with Crippen molar-refractivity contribution in [3.8, 4) is 0 Å². The minimum absolute atomic E-state index is 0.416. The number of hydrogen-bond acceptors (Lipinski definition) is 6. The molecule has 4 nitrogen and oxygen atoms in total. The van der Waals surface area contributed by atoms with Gasteiger partial charge >= 0.3 is 0 Å². The molecule has 0 amide bonds. The van der Waals surface area contributed by atoms with E-state index in [1.165, 1.54) is 7.58 Å². The monoisotopic (exact) mass is 453 g/mol. The fourth-order valence-corrected chi connectivity index (χ4v) is 5.20. The minimum atomic E-state index is -0.575. The molecule has 4 rings (SSSR count). The van der Waals surface area contributed by atoms with Gasteiger partial charge in [-0.1, -0.05) is 18.2 Å². The number of aliphatic hydroxyl groups is 1. The van der Waals surface area contributed by atoms with E-state index in [4.69, 9.17) is 0 Å². The minimum Gasteiger partial charge on any atom is -0.387 e. The largest absolute Gasteiger partial charge is 0.387 e. The molecule has 1 atom stereocenters. The SMILES string of the molecule is OC(CNc1ncnc2sc(I)cc12)c1csc2ccccc12. The van der Waals surface area contributed by atoms with E-state index in [2.05, 4.69) is 56.1 Å². The molecule has 0 radical (unpaired) electrons. The maximum absolute atomic E-state index is 10.5. The molecule has 0 saturated heterocycles. The molecule has 0 aliphatic heterocycles. The molecule has 1 aromatic carbocycles. The third-order valence-corrected chi connectivity index (χ3v) is 6.42. The Bertz CT molecular complexity index is 982. The lowest BCUT2D eigenvalue weighted by Crippen LogP contribution is -2.12. The first-order chi connectivity index (χ1) is 11.2. The average molecular weight is 453 g/mol. The summed E-state index contributed by atoms with van der Waals surface area (Å²) in [5.41, 5.74) is 0.961. The first-order valence-corrected chi connectivity index (χ1v) is 9.78. The van der Waals surface area contributed by atoms with Crippen LogP contribution in [0.4, 0.5) is 5.82 Å². The summed E-state index contributed by atoms with van der Waals surface area (Å²) in [6.45, 7) is 0.416. The summed E-state index contributed by atoms with van der Waals surface area (Å²) >= 11 is 5.58. The lowest BCUT2D eigenvalue weighted by molar-refractivity contribution is 0.193. The number of fused-ring (bicyclic) bond motifs is 2. The first-order valence-electron chi connectivity index (χ1n) is 7.00. The summed E-state index contributed by atoms with van der Waals surface area (Å²) < 4.78 is 2.36. The van der Waals surface area contributed by atoms with E-state index in [1.54, 1.807) is 29.0 Å². The predicted octanol–water partition coefficient (Wildman–Crippen LogP) is 4.66. The number of aromatic nitrogens is 2. The number of benzene rings is 1. The van der Waals surface area contributed by atoms with Crippen LogP contribution in [0.15, 0.2) is 42.0 Å². The number of rotatable bonds is 4. The second-order valence-corrected chi connectivity index (χ2v) is 8.91. The van der Waals surface area contributed by atoms with Crippen LogP contribution in [-0.4, -0.2) is 21.6 Å². The maximum atomic E-state index is 10.5. The van der Waals surface area contributed by atoms with E-state index < -0.39 is 6.10 Å². The molecule has 3 aromatic heterocycles. The van der Waals surface area contributed by atoms with Gasteiger partial charge < -0.3 is 10.4 Å². The van der Waals surface area contributed by atoms with E-state index in [0.29, 0.717) is 6.54 Å². The van der Waals surface area contributed by atoms with Crippen LogP contribution < -0.4 is 5.32 Å². The molecule has 0 aliphatic rings. The van der Waals surface area contributed by atoms with Crippen LogP contribution in [0.2, 0.25) is 0 Å². The van der Waals surface area contributed by atoms with Crippen molar-refractivity contribution in [1.82, 2.24) is 9.97 Å². The fourth-order valence-electron chi connectivity index (χ4n) is 2.53. The van der Waals surface area contributed by atoms with Crippen molar-refractivity contribution in [2.75, 3.05) is 11.9 Å². The quantitative estimate of drug-likeness (QED) is 0.442. The van der Waals surface area contributed by atoms with E-state index in [1.807, 2.05) is 17.5 Å². The van der Waals surface area contributed by atoms with Crippen molar-refractivity contribution < 1.29 is 5.11 Å². The van der Waals surface area contributed by atoms with Crippen molar-refractivity contribution in [1.29, 1.82) is 0 Å². The third kappa shape index (κ3) is 2.93. The van der Waals surface area contributed by atoms with Crippen LogP contribution >= 0.6 is 45.3 Å². The Balaban J connectivity index is 1.58. The normalized spacial score (nSPS) is 12.8. The molecule has 0 bridgehead atoms. The number of halogens is 1. The van der Waals surface area contributed by atoms with Gasteiger partial charge in [-0.15, -0.1) is 22.7 Å². The molecule has 0 spiro atoms. The molecule has 23 heavy (non-hydrogen) atoms. The number of anilines is 1. The van der Waals surface area contributed by atoms with Gasteiger partial charge in [0.05, 0.1) is 14.4 Å². The topological polar surface area (TPSA) is 58.0 Å². The van der Waals surface area contributed by atoms with Gasteiger partial charge in [-0.05, 0) is 45.5 Å². The summed E-state index contributed by atoms with van der Waals surface area (Å²) in [5.74, 6) is 0.771. The van der Waals surface area contributed by atoms with Gasteiger partial charge in [-0.2, -0.15) is 0 Å². The predicted molar refractivity (Wildman–Crippen MR) is 105 cm³/mol. The second kappa shape index (κ2) is 6.31. The van der Waals surface area contributed by atoms with E-state index in [-0.39, 0.29) is 0 Å². The highest BCUT2D eigenvalue weighted by Gasteiger charge is 2.14. The number of aliphatic hydroxyl groups excluding tert-OH is 1. The van der Waals surface area contributed by atoms with Crippen molar-refractivity contribution in [2.24, 2.45) is 0 Å². The van der Waals surface area contributed by atoms with Gasteiger partial charge in [0.2, 0.25) is 0 Å². The second-order valence-electron chi connectivity index (χ2n) is 5.08. The standard InChI is InChI=1S/C16H12IN3OS2/c17-14-5-10-15(19-8-20-16(10)23-14)18-6-12(21)11-7-22-13-4-2-1-3-9(11)13/h1-5,7-8,12,21H,6H2,(H,18,19,20). The Hall–Kier alpha value is -1.29. The van der Waals surface area contributed by atoms with Crippen LogP contribution in [0.5, 0.6) is 0 Å². The Morgan fingerprint density at radius 3 is 3.00 bits per heavy atom. The zero-order valence-electron chi connectivity index (χ0n) is 11.9. The molecule has 0 saturated carbocycles. The maximum Gasteiger partial charge on any atom is 0.138 e. The molecule has 3 heterocycles. The summed E-state index contributed by atoms with van der Waals surface area (Å²) in [6.07, 6.45) is 0.984. The molecule has 7 heteroatoms. The fraction of sp³-hybridized carbons (Fsp3) is 0.125. The summed E-state index contributed by atoms with van der Waals surface area (Å²) in [5, 5.41) is 18.0. The summed E-state index contributed by atoms with van der Waals surface area (Å²) in [4.78, 5) is 9.55. The lowest BCUT2D eigenvalue weighted by atomic mass is 10.1. The number of nitrogens with one attached hydrogen (secondary N) is 1. The number of hydrogen-bond donors (Lipinski definition) is 2. The van der Waals surface area contributed by atoms with E-state index in [0.717, 1.165) is 27.0 Å². The molecular formula is C16H12IN3OS2. The highest BCUT2D eigenvalue weighted by Crippen LogP contribution is 2.32. The van der Waals surface area contributed by atoms with Gasteiger partial charge in [0, 0.05) is 16.8 Å². The Labute approximate surface area is 154 Å². The number of thiophene rings is 2. The van der Waals surface area contributed by atoms with Crippen LogP contribution in [0.1, 0.15) is 11.7 Å². The Kier molecular flexibility index (Phi) is 4.18. The van der Waals surface area contributed by atoms with Crippen LogP contribution in [-0.2, 0) is 0 Å². The molecule has 0 fully saturated rings. The first kappa shape index (κ1) is 15.3. The number of nitrogens with zero attached hydrogens (tertiary/aromatic N) is 2. The highest BCUT2D eigenvalue weighted by molar-refractivity contribution is 14.1. The molecule has 2 N–H and O–H groups in total. The van der Waals surface area contributed by atoms with Crippen molar-refractivity contribution in [3.05, 3.63) is 50.5 Å². The molecule has 116 valence electrons. The lowest BCUT2D eigenvalue weighted by Gasteiger charge is -2.12. The molecule has 1 unspecified atom stereocenters. The zero-order valence-corrected chi connectivity index (χ0v) is 15.7. The molecular weight excluding hydrogens is 441 g/mol. The summed E-state index contributed by atoms with van der Waals surface area (Å²) in [6, 6.07) is 10.2. The van der Waals surface area contributed by atoms with Crippen molar-refractivity contribution >= 4 is 71.4 Å². The van der Waals surface area contributed by atoms with Crippen molar-refractivity contribution in [3.63, 3.8) is 0 Å². The molecule has 0 aliphatic carbocycles. The van der Waals surface area contributed by atoms with E-state index >= 15 is 0 Å². The van der Waals surface area contributed by atoms with E-state index in [9.17, 15) is 5.11 Å². The van der Waals surface area contributed by atoms with Crippen LogP contribution in [0.3, 0.4) is 0 Å². The van der Waals surface area contributed by atoms with Crippen LogP contribution in [0.25, 0.3) is 20.3 Å². The van der Waals surface area contributed by atoms with Crippen molar-refractivity contribution in [2.45, 2.75) is 6.10 Å². The average Bonchev–Trinajstić information content (AvgIpc) is 3.15. The smallest absolute Gasteiger partial charge is 0.138 e. The Morgan fingerprint density at radius 2 is 2.09 bits per heavy atom. The van der Waals surface area contributed by atoms with Gasteiger partial charge in [-0.3, -0.25) is 0 Å². The summed E-state index contributed by atoms with van der Waals surface area (Å²) in [7, 11) is 0. The van der Waals surface area contributed by atoms with Crippen LogP contribution in [0, 0.1) is 2.88 Å². The third-order valence-electron chi connectivity index (χ3n) is 3.63. The molecule has 4 aromatic rings.